The van der Waals surface area contributed by atoms with Gasteiger partial charge in [-0.1, -0.05) is 0 Å². The molecule has 1 heterocycles. The van der Waals surface area contributed by atoms with Crippen molar-refractivity contribution in [1.82, 2.24) is 10.6 Å². The zero-order chi connectivity index (χ0) is 11.3. The third kappa shape index (κ3) is 4.61. The summed E-state index contributed by atoms with van der Waals surface area (Å²) in [6.45, 7) is 0.615. The molecule has 0 radical (unpaired) electrons. The fourth-order valence-corrected chi connectivity index (χ4v) is 3.10. The zero-order valence-electron chi connectivity index (χ0n) is 8.95. The molecule has 0 bridgehead atoms. The molecule has 2 N–H and O–H groups in total. The van der Waals surface area contributed by atoms with E-state index in [0.29, 0.717) is 25.8 Å². The monoisotopic (exact) mass is 234 g/mol. The maximum absolute atomic E-state index is 11.1. The fourth-order valence-electron chi connectivity index (χ4n) is 1.61. The molecular formula is C9H18N2O3S. The highest BCUT2D eigenvalue weighted by atomic mass is 32.2. The van der Waals surface area contributed by atoms with Crippen molar-refractivity contribution in [2.45, 2.75) is 25.3 Å². The summed E-state index contributed by atoms with van der Waals surface area (Å²) in [7, 11) is -1.17. The van der Waals surface area contributed by atoms with Gasteiger partial charge in [0.25, 0.3) is 0 Å². The van der Waals surface area contributed by atoms with E-state index in [1.54, 1.807) is 7.05 Å². The number of hydrogen-bond donors (Lipinski definition) is 2. The van der Waals surface area contributed by atoms with E-state index in [9.17, 15) is 13.2 Å². The molecule has 0 aromatic rings. The Morgan fingerprint density at radius 2 is 1.93 bits per heavy atom. The maximum Gasteiger partial charge on any atom is 0.221 e. The Morgan fingerprint density at radius 3 is 2.47 bits per heavy atom. The minimum atomic E-state index is -2.78. The third-order valence-corrected chi connectivity index (χ3v) is 4.33. The molecule has 1 aliphatic heterocycles. The summed E-state index contributed by atoms with van der Waals surface area (Å²) >= 11 is 0. The highest BCUT2D eigenvalue weighted by Crippen LogP contribution is 2.11. The third-order valence-electron chi connectivity index (χ3n) is 2.62. The first-order valence-corrected chi connectivity index (χ1v) is 7.00. The molecule has 1 aliphatic rings. The molecule has 0 saturated carbocycles. The number of amides is 1. The summed E-state index contributed by atoms with van der Waals surface area (Å²) in [4.78, 5) is 10.9. The van der Waals surface area contributed by atoms with Gasteiger partial charge in [0.2, 0.25) is 5.91 Å². The lowest BCUT2D eigenvalue weighted by molar-refractivity contribution is -0.120. The average Bonchev–Trinajstić information content (AvgIpc) is 2.20. The van der Waals surface area contributed by atoms with Gasteiger partial charge in [-0.05, 0) is 12.8 Å². The second-order valence-corrected chi connectivity index (χ2v) is 6.11. The van der Waals surface area contributed by atoms with Gasteiger partial charge in [0.15, 0.2) is 0 Å². The molecule has 15 heavy (non-hydrogen) atoms. The van der Waals surface area contributed by atoms with E-state index in [0.717, 1.165) is 0 Å². The van der Waals surface area contributed by atoms with E-state index in [-0.39, 0.29) is 23.5 Å². The van der Waals surface area contributed by atoms with E-state index in [2.05, 4.69) is 10.6 Å². The van der Waals surface area contributed by atoms with Crippen molar-refractivity contribution in [3.05, 3.63) is 0 Å². The van der Waals surface area contributed by atoms with Crippen LogP contribution in [0.3, 0.4) is 0 Å². The Kier molecular flexibility index (Phi) is 4.53. The lowest BCUT2D eigenvalue weighted by Gasteiger charge is -2.22. The van der Waals surface area contributed by atoms with Crippen LogP contribution in [0.15, 0.2) is 0 Å². The van der Waals surface area contributed by atoms with Crippen molar-refractivity contribution in [3.8, 4) is 0 Å². The fraction of sp³-hybridized carbons (Fsp3) is 0.889. The SMILES string of the molecule is CNC(=O)CCNC1CCS(=O)(=O)CC1. The van der Waals surface area contributed by atoms with Crippen LogP contribution in [0.4, 0.5) is 0 Å². The summed E-state index contributed by atoms with van der Waals surface area (Å²) in [5, 5.41) is 5.74. The standard InChI is InChI=1S/C9H18N2O3S/c1-10-9(12)2-5-11-8-3-6-15(13,14)7-4-8/h8,11H,2-7H2,1H3,(H,10,12). The molecule has 0 unspecified atom stereocenters. The normalized spacial score (nSPS) is 21.1. The van der Waals surface area contributed by atoms with Crippen LogP contribution in [0.5, 0.6) is 0 Å². The van der Waals surface area contributed by atoms with Crippen LogP contribution in [-0.2, 0) is 14.6 Å². The summed E-state index contributed by atoms with van der Waals surface area (Å²) in [6, 6.07) is 0.248. The quantitative estimate of drug-likeness (QED) is 0.674. The Morgan fingerprint density at radius 1 is 1.33 bits per heavy atom. The second-order valence-electron chi connectivity index (χ2n) is 3.80. The van der Waals surface area contributed by atoms with E-state index in [1.165, 1.54) is 0 Å². The molecule has 88 valence electrons. The smallest absolute Gasteiger partial charge is 0.221 e. The van der Waals surface area contributed by atoms with Gasteiger partial charge in [-0.25, -0.2) is 8.42 Å². The van der Waals surface area contributed by atoms with Crippen LogP contribution in [0.25, 0.3) is 0 Å². The van der Waals surface area contributed by atoms with Crippen molar-refractivity contribution in [2.24, 2.45) is 0 Å². The van der Waals surface area contributed by atoms with Crippen LogP contribution in [0, 0.1) is 0 Å². The minimum Gasteiger partial charge on any atom is -0.359 e. The van der Waals surface area contributed by atoms with Crippen LogP contribution in [-0.4, -0.2) is 45.5 Å². The number of carbonyl (C=O) groups is 1. The molecule has 1 saturated heterocycles. The van der Waals surface area contributed by atoms with Crippen molar-refractivity contribution < 1.29 is 13.2 Å². The van der Waals surface area contributed by atoms with Crippen molar-refractivity contribution in [2.75, 3.05) is 25.1 Å². The molecule has 1 amide bonds. The molecular weight excluding hydrogens is 216 g/mol. The minimum absolute atomic E-state index is 0.00549. The predicted octanol–water partition coefficient (Wildman–Crippen LogP) is -0.711. The number of hydrogen-bond acceptors (Lipinski definition) is 4. The second kappa shape index (κ2) is 5.46. The van der Waals surface area contributed by atoms with Crippen LogP contribution in [0.2, 0.25) is 0 Å². The topological polar surface area (TPSA) is 75.3 Å². The van der Waals surface area contributed by atoms with E-state index in [1.807, 2.05) is 0 Å². The molecule has 1 rings (SSSR count). The molecule has 0 spiro atoms. The summed E-state index contributed by atoms with van der Waals surface area (Å²) in [5.74, 6) is 0.542. The first-order valence-electron chi connectivity index (χ1n) is 5.18. The van der Waals surface area contributed by atoms with Gasteiger partial charge in [0.05, 0.1) is 11.5 Å². The number of nitrogens with one attached hydrogen (secondary N) is 2. The van der Waals surface area contributed by atoms with Crippen molar-refractivity contribution >= 4 is 15.7 Å². The number of rotatable bonds is 4. The Balaban J connectivity index is 2.17. The molecule has 0 aliphatic carbocycles. The van der Waals surface area contributed by atoms with E-state index >= 15 is 0 Å². The first kappa shape index (κ1) is 12.4. The highest BCUT2D eigenvalue weighted by Gasteiger charge is 2.22. The highest BCUT2D eigenvalue weighted by molar-refractivity contribution is 7.91. The van der Waals surface area contributed by atoms with Gasteiger partial charge in [0, 0.05) is 26.1 Å². The lowest BCUT2D eigenvalue weighted by atomic mass is 10.1. The summed E-state index contributed by atoms with van der Waals surface area (Å²) in [5.41, 5.74) is 0. The Bertz CT molecular complexity index is 299. The zero-order valence-corrected chi connectivity index (χ0v) is 9.77. The number of sulfone groups is 1. The average molecular weight is 234 g/mol. The van der Waals surface area contributed by atoms with Crippen LogP contribution in [0.1, 0.15) is 19.3 Å². The first-order chi connectivity index (χ1) is 7.03. The van der Waals surface area contributed by atoms with Gasteiger partial charge in [-0.2, -0.15) is 0 Å². The molecule has 0 aromatic carbocycles. The molecule has 0 atom stereocenters. The maximum atomic E-state index is 11.1. The van der Waals surface area contributed by atoms with Crippen molar-refractivity contribution in [1.29, 1.82) is 0 Å². The van der Waals surface area contributed by atoms with Gasteiger partial charge < -0.3 is 10.6 Å². The molecule has 6 heteroatoms. The Hall–Kier alpha value is -0.620. The molecule has 5 nitrogen and oxygen atoms in total. The van der Waals surface area contributed by atoms with Crippen LogP contribution < -0.4 is 10.6 Å². The van der Waals surface area contributed by atoms with Gasteiger partial charge in [0.1, 0.15) is 9.84 Å². The van der Waals surface area contributed by atoms with Gasteiger partial charge in [-0.15, -0.1) is 0 Å². The molecule has 1 fully saturated rings. The summed E-state index contributed by atoms with van der Waals surface area (Å²) in [6.07, 6.45) is 1.77. The van der Waals surface area contributed by atoms with Crippen molar-refractivity contribution in [3.63, 3.8) is 0 Å². The van der Waals surface area contributed by atoms with Crippen LogP contribution >= 0.6 is 0 Å². The molecule has 0 aromatic heterocycles. The largest absolute Gasteiger partial charge is 0.359 e. The van der Waals surface area contributed by atoms with Gasteiger partial charge >= 0.3 is 0 Å². The lowest BCUT2D eigenvalue weighted by Crippen LogP contribution is -2.39. The predicted molar refractivity (Wildman–Crippen MR) is 58.4 cm³/mol. The van der Waals surface area contributed by atoms with Gasteiger partial charge in [-0.3, -0.25) is 4.79 Å². The number of carbonyl (C=O) groups excluding carboxylic acids is 1. The van der Waals surface area contributed by atoms with E-state index in [4.69, 9.17) is 0 Å². The van der Waals surface area contributed by atoms with E-state index < -0.39 is 9.84 Å². The Labute approximate surface area is 90.5 Å². The summed E-state index contributed by atoms with van der Waals surface area (Å²) < 4.78 is 22.3.